The average Bonchev–Trinajstić information content (AvgIpc) is 3.31. The van der Waals surface area contributed by atoms with Gasteiger partial charge in [0.15, 0.2) is 0 Å². The summed E-state index contributed by atoms with van der Waals surface area (Å²) in [6.45, 7) is 0.855. The molecule has 1 aromatic heterocycles. The van der Waals surface area contributed by atoms with Crippen molar-refractivity contribution in [2.45, 2.75) is 11.4 Å². The molecule has 0 spiro atoms. The molecular weight excluding hydrogens is 436 g/mol. The normalized spacial score (nSPS) is 11.2. The summed E-state index contributed by atoms with van der Waals surface area (Å²) in [7, 11) is -0.483. The number of hydrogen-bond acceptors (Lipinski definition) is 6. The quantitative estimate of drug-likeness (QED) is 0.501. The first kappa shape index (κ1) is 22.8. The van der Waals surface area contributed by atoms with Crippen LogP contribution in [0.4, 0.5) is 0 Å². The Morgan fingerprint density at radius 3 is 2.48 bits per heavy atom. The molecule has 0 saturated heterocycles. The molecule has 9 heteroatoms. The Bertz CT molecular complexity index is 1100. The molecule has 7 nitrogen and oxygen atoms in total. The largest absolute Gasteiger partial charge is 0.497 e. The number of benzene rings is 2. The lowest BCUT2D eigenvalue weighted by Crippen LogP contribution is -2.31. The summed E-state index contributed by atoms with van der Waals surface area (Å²) in [6.07, 6.45) is 0. The summed E-state index contributed by atoms with van der Waals surface area (Å²) < 4.78 is 38.5. The van der Waals surface area contributed by atoms with E-state index in [9.17, 15) is 13.2 Å². The van der Waals surface area contributed by atoms with Crippen molar-refractivity contribution in [3.8, 4) is 11.5 Å². The van der Waals surface area contributed by atoms with Crippen molar-refractivity contribution in [1.82, 2.24) is 9.62 Å². The second-order valence-corrected chi connectivity index (χ2v) is 9.48. The van der Waals surface area contributed by atoms with Crippen molar-refractivity contribution < 1.29 is 22.7 Å². The zero-order chi connectivity index (χ0) is 22.3. The summed E-state index contributed by atoms with van der Waals surface area (Å²) in [5.41, 5.74) is 0.297. The molecule has 3 rings (SSSR count). The molecule has 1 heterocycles. The first-order chi connectivity index (χ1) is 14.9. The SMILES string of the molecule is COc1ccc(OCCN(C)C(=O)c2cccc(S(=O)(=O)NCc3cccs3)c2)cc1. The fraction of sp³-hybridized carbons (Fsp3) is 0.227. The van der Waals surface area contributed by atoms with Crippen LogP contribution in [0.1, 0.15) is 15.2 Å². The second kappa shape index (κ2) is 10.4. The first-order valence-corrected chi connectivity index (χ1v) is 11.9. The van der Waals surface area contributed by atoms with Gasteiger partial charge in [0, 0.05) is 24.0 Å². The van der Waals surface area contributed by atoms with Gasteiger partial charge in [0.1, 0.15) is 18.1 Å². The van der Waals surface area contributed by atoms with E-state index < -0.39 is 10.0 Å². The Hall–Kier alpha value is -2.88. The molecule has 0 saturated carbocycles. The predicted molar refractivity (Wildman–Crippen MR) is 120 cm³/mol. The van der Waals surface area contributed by atoms with E-state index in [1.807, 2.05) is 17.5 Å². The van der Waals surface area contributed by atoms with Crippen molar-refractivity contribution in [1.29, 1.82) is 0 Å². The highest BCUT2D eigenvalue weighted by Gasteiger charge is 2.18. The number of ether oxygens (including phenoxy) is 2. The molecule has 164 valence electrons. The van der Waals surface area contributed by atoms with Crippen LogP contribution in [0.15, 0.2) is 70.9 Å². The monoisotopic (exact) mass is 460 g/mol. The molecule has 2 aromatic carbocycles. The Morgan fingerprint density at radius 1 is 1.06 bits per heavy atom. The smallest absolute Gasteiger partial charge is 0.253 e. The third kappa shape index (κ3) is 6.30. The maximum absolute atomic E-state index is 12.7. The third-order valence-electron chi connectivity index (χ3n) is 4.51. The number of sulfonamides is 1. The Balaban J connectivity index is 1.57. The van der Waals surface area contributed by atoms with Gasteiger partial charge in [0.2, 0.25) is 10.0 Å². The molecule has 0 atom stereocenters. The van der Waals surface area contributed by atoms with Gasteiger partial charge in [-0.3, -0.25) is 4.79 Å². The fourth-order valence-corrected chi connectivity index (χ4v) is 4.54. The number of carbonyl (C=O) groups excluding carboxylic acids is 1. The topological polar surface area (TPSA) is 84.9 Å². The summed E-state index contributed by atoms with van der Waals surface area (Å²) >= 11 is 1.47. The summed E-state index contributed by atoms with van der Waals surface area (Å²) in [5.74, 6) is 1.12. The minimum absolute atomic E-state index is 0.0535. The Kier molecular flexibility index (Phi) is 7.67. The standard InChI is InChI=1S/C22H24N2O5S2/c1-24(12-13-29-19-10-8-18(28-2)9-11-19)22(25)17-5-3-7-21(15-17)31(26,27)23-16-20-6-4-14-30-20/h3-11,14-15,23H,12-13,16H2,1-2H3. The molecular formula is C22H24N2O5S2. The number of likely N-dealkylation sites (N-methyl/N-ethyl adjacent to an activating group) is 1. The highest BCUT2D eigenvalue weighted by molar-refractivity contribution is 7.89. The maximum Gasteiger partial charge on any atom is 0.253 e. The number of thiophene rings is 1. The number of nitrogens with one attached hydrogen (secondary N) is 1. The molecule has 3 aromatic rings. The molecule has 0 aliphatic heterocycles. The van der Waals surface area contributed by atoms with Gasteiger partial charge in [0.05, 0.1) is 18.6 Å². The van der Waals surface area contributed by atoms with Gasteiger partial charge in [-0.15, -0.1) is 11.3 Å². The number of nitrogens with zero attached hydrogens (tertiary/aromatic N) is 1. The highest BCUT2D eigenvalue weighted by atomic mass is 32.2. The van der Waals surface area contributed by atoms with E-state index in [4.69, 9.17) is 9.47 Å². The highest BCUT2D eigenvalue weighted by Crippen LogP contribution is 2.17. The zero-order valence-corrected chi connectivity index (χ0v) is 18.9. The lowest BCUT2D eigenvalue weighted by Gasteiger charge is -2.18. The van der Waals surface area contributed by atoms with Crippen molar-refractivity contribution in [3.05, 3.63) is 76.5 Å². The van der Waals surface area contributed by atoms with Crippen LogP contribution < -0.4 is 14.2 Å². The Labute approximate surface area is 186 Å². The molecule has 0 fully saturated rings. The van der Waals surface area contributed by atoms with Crippen LogP contribution in [0.25, 0.3) is 0 Å². The number of carbonyl (C=O) groups is 1. The lowest BCUT2D eigenvalue weighted by atomic mass is 10.2. The molecule has 1 N–H and O–H groups in total. The Morgan fingerprint density at radius 2 is 1.81 bits per heavy atom. The van der Waals surface area contributed by atoms with Gasteiger partial charge in [0.25, 0.3) is 5.91 Å². The van der Waals surface area contributed by atoms with Crippen molar-refractivity contribution in [2.75, 3.05) is 27.3 Å². The van der Waals surface area contributed by atoms with Crippen molar-refractivity contribution in [3.63, 3.8) is 0 Å². The van der Waals surface area contributed by atoms with E-state index in [1.54, 1.807) is 50.6 Å². The van der Waals surface area contributed by atoms with Gasteiger partial charge < -0.3 is 14.4 Å². The van der Waals surface area contributed by atoms with Crippen molar-refractivity contribution >= 4 is 27.3 Å². The number of amides is 1. The second-order valence-electron chi connectivity index (χ2n) is 6.68. The van der Waals surface area contributed by atoms with E-state index in [2.05, 4.69) is 4.72 Å². The fourth-order valence-electron chi connectivity index (χ4n) is 2.75. The van der Waals surface area contributed by atoms with Crippen molar-refractivity contribution in [2.24, 2.45) is 0 Å². The summed E-state index contributed by atoms with van der Waals surface area (Å²) in [6, 6.07) is 16.9. The number of hydrogen-bond donors (Lipinski definition) is 1. The predicted octanol–water partition coefficient (Wildman–Crippen LogP) is 3.39. The van der Waals surface area contributed by atoms with E-state index in [-0.39, 0.29) is 17.3 Å². The number of rotatable bonds is 10. The van der Waals surface area contributed by atoms with Gasteiger partial charge >= 0.3 is 0 Å². The zero-order valence-electron chi connectivity index (χ0n) is 17.3. The first-order valence-electron chi connectivity index (χ1n) is 9.53. The van der Waals surface area contributed by atoms with Gasteiger partial charge in [-0.2, -0.15) is 0 Å². The minimum Gasteiger partial charge on any atom is -0.497 e. The van der Waals surface area contributed by atoms with Gasteiger partial charge in [-0.1, -0.05) is 12.1 Å². The molecule has 1 amide bonds. The molecule has 0 bridgehead atoms. The van der Waals surface area contributed by atoms with E-state index in [0.717, 1.165) is 10.6 Å². The molecule has 0 radical (unpaired) electrons. The van der Waals surface area contributed by atoms with Crippen LogP contribution in [-0.4, -0.2) is 46.5 Å². The third-order valence-corrected chi connectivity index (χ3v) is 6.78. The van der Waals surface area contributed by atoms with Crippen LogP contribution in [0.3, 0.4) is 0 Å². The van der Waals surface area contributed by atoms with Crippen LogP contribution in [0, 0.1) is 0 Å². The van der Waals surface area contributed by atoms with Crippen LogP contribution in [-0.2, 0) is 16.6 Å². The van der Waals surface area contributed by atoms with Gasteiger partial charge in [-0.25, -0.2) is 13.1 Å². The van der Waals surface area contributed by atoms with Crippen LogP contribution in [0.2, 0.25) is 0 Å². The van der Waals surface area contributed by atoms with Gasteiger partial charge in [-0.05, 0) is 53.9 Å². The lowest BCUT2D eigenvalue weighted by molar-refractivity contribution is 0.0773. The molecule has 31 heavy (non-hydrogen) atoms. The maximum atomic E-state index is 12.7. The van der Waals surface area contributed by atoms with Crippen LogP contribution >= 0.6 is 11.3 Å². The molecule has 0 unspecified atom stereocenters. The summed E-state index contributed by atoms with van der Waals surface area (Å²) in [4.78, 5) is 15.2. The van der Waals surface area contributed by atoms with E-state index in [0.29, 0.717) is 24.5 Å². The molecule has 0 aliphatic carbocycles. The minimum atomic E-state index is -3.73. The van der Waals surface area contributed by atoms with Crippen LogP contribution in [0.5, 0.6) is 11.5 Å². The summed E-state index contributed by atoms with van der Waals surface area (Å²) in [5, 5.41) is 1.89. The molecule has 0 aliphatic rings. The number of methoxy groups -OCH3 is 1. The average molecular weight is 461 g/mol. The van der Waals surface area contributed by atoms with E-state index in [1.165, 1.54) is 28.4 Å². The van der Waals surface area contributed by atoms with E-state index >= 15 is 0 Å².